The molecule has 0 saturated heterocycles. The summed E-state index contributed by atoms with van der Waals surface area (Å²) in [5.41, 5.74) is 7.37. The molecule has 0 aliphatic heterocycles. The molecule has 0 fully saturated rings. The fourth-order valence-electron chi connectivity index (χ4n) is 6.57. The highest BCUT2D eigenvalue weighted by Crippen LogP contribution is 2.34. The minimum atomic E-state index is 0.834. The highest BCUT2D eigenvalue weighted by atomic mass is 15.0. The highest BCUT2D eigenvalue weighted by molar-refractivity contribution is 6.12. The molecule has 1 N–H and O–H groups in total. The van der Waals surface area contributed by atoms with Gasteiger partial charge in [-0.05, 0) is 48.7 Å². The van der Waals surface area contributed by atoms with E-state index in [0.717, 1.165) is 13.0 Å². The Labute approximate surface area is 220 Å². The topological polar surface area (TPSA) is 21.4 Å². The predicted octanol–water partition coefficient (Wildman–Crippen LogP) is 6.59. The van der Waals surface area contributed by atoms with E-state index < -0.39 is 0 Å². The normalized spacial score (nSPS) is 12.9. The average molecular weight is 490 g/mol. The summed E-state index contributed by atoms with van der Waals surface area (Å²) in [6.45, 7) is 0.834. The third-order valence-electron chi connectivity index (χ3n) is 8.10. The molecule has 0 unspecified atom stereocenters. The molecule has 38 heavy (non-hydrogen) atoms. The molecule has 1 aliphatic rings. The average Bonchev–Trinajstić information content (AvgIpc) is 3.55. The van der Waals surface area contributed by atoms with Crippen LogP contribution in [0.2, 0.25) is 0 Å². The number of nitrogens with one attached hydrogen (secondary N) is 1. The molecule has 2 heterocycles. The van der Waals surface area contributed by atoms with Crippen molar-refractivity contribution < 1.29 is 0 Å². The van der Waals surface area contributed by atoms with E-state index >= 15 is 0 Å². The van der Waals surface area contributed by atoms with Crippen LogP contribution in [0.4, 0.5) is 0 Å². The fourth-order valence-corrected chi connectivity index (χ4v) is 6.57. The van der Waals surface area contributed by atoms with Gasteiger partial charge in [-0.3, -0.25) is 0 Å². The largest absolute Gasteiger partial charge is 0.316 e. The van der Waals surface area contributed by atoms with Crippen LogP contribution in [0.3, 0.4) is 0 Å². The van der Waals surface area contributed by atoms with E-state index in [1.807, 2.05) is 7.05 Å². The number of para-hydroxylation sites is 4. The van der Waals surface area contributed by atoms with Gasteiger partial charge < -0.3 is 14.3 Å². The van der Waals surface area contributed by atoms with E-state index in [0.29, 0.717) is 0 Å². The van der Waals surface area contributed by atoms with Gasteiger partial charge in [0.05, 0.1) is 33.1 Å². The monoisotopic (exact) mass is 489 g/mol. The molecule has 2 aromatic heterocycles. The van der Waals surface area contributed by atoms with Gasteiger partial charge in [-0.15, -0.1) is 0 Å². The first kappa shape index (κ1) is 21.5. The van der Waals surface area contributed by atoms with Crippen molar-refractivity contribution in [3.8, 4) is 5.69 Å². The Morgan fingerprint density at radius 2 is 1.29 bits per heavy atom. The maximum atomic E-state index is 3.34. The fraction of sp³-hybridized carbons (Fsp3) is 0.0857. The van der Waals surface area contributed by atoms with Crippen molar-refractivity contribution in [3.05, 3.63) is 119 Å². The third-order valence-corrected chi connectivity index (χ3v) is 8.10. The van der Waals surface area contributed by atoms with E-state index in [9.17, 15) is 0 Å². The van der Waals surface area contributed by atoms with Crippen LogP contribution in [0.25, 0.3) is 66.8 Å². The van der Waals surface area contributed by atoms with Crippen LogP contribution in [0.5, 0.6) is 0 Å². The molecular weight excluding hydrogens is 462 g/mol. The van der Waals surface area contributed by atoms with E-state index in [1.54, 1.807) is 0 Å². The maximum Gasteiger partial charge on any atom is 0.0703 e. The highest BCUT2D eigenvalue weighted by Gasteiger charge is 2.17. The molecule has 0 spiro atoms. The predicted molar refractivity (Wildman–Crippen MR) is 161 cm³/mol. The Morgan fingerprint density at radius 3 is 2.13 bits per heavy atom. The van der Waals surface area contributed by atoms with Crippen LogP contribution in [0.15, 0.2) is 103 Å². The zero-order valence-electron chi connectivity index (χ0n) is 21.3. The minimum absolute atomic E-state index is 0.834. The lowest BCUT2D eigenvalue weighted by molar-refractivity contribution is 0.823. The van der Waals surface area contributed by atoms with Crippen LogP contribution in [0.1, 0.15) is 12.0 Å². The summed E-state index contributed by atoms with van der Waals surface area (Å²) in [6.07, 6.45) is 5.72. The van der Waals surface area contributed by atoms with Gasteiger partial charge in [-0.1, -0.05) is 91.0 Å². The molecular formula is C35H27N3. The number of aromatic nitrogens is 2. The molecule has 0 radical (unpaired) electrons. The summed E-state index contributed by atoms with van der Waals surface area (Å²) in [5.74, 6) is 0. The Balaban J connectivity index is 1.71. The summed E-state index contributed by atoms with van der Waals surface area (Å²) in [7, 11) is 2.01. The SMILES string of the molecule is CNCc1ccc(-n2c3ccccc3c3cccc4c5c(n(c6ccccc62)c43)=CCC=5)c2ccccc12. The number of nitrogens with zero attached hydrogens (tertiary/aromatic N) is 2. The Hall–Kier alpha value is -4.60. The van der Waals surface area contributed by atoms with Gasteiger partial charge in [0.25, 0.3) is 0 Å². The lowest BCUT2D eigenvalue weighted by Gasteiger charge is -2.19. The second-order valence-corrected chi connectivity index (χ2v) is 10.1. The van der Waals surface area contributed by atoms with E-state index in [4.69, 9.17) is 0 Å². The molecule has 3 heteroatoms. The number of rotatable bonds is 3. The van der Waals surface area contributed by atoms with Crippen LogP contribution in [-0.4, -0.2) is 16.0 Å². The molecule has 5 aromatic carbocycles. The van der Waals surface area contributed by atoms with Crippen LogP contribution in [0, 0.1) is 0 Å². The first-order valence-electron chi connectivity index (χ1n) is 13.3. The molecule has 0 atom stereocenters. The van der Waals surface area contributed by atoms with E-state index in [-0.39, 0.29) is 0 Å². The number of hydrogen-bond donors (Lipinski definition) is 1. The molecule has 182 valence electrons. The quantitative estimate of drug-likeness (QED) is 0.297. The van der Waals surface area contributed by atoms with Crippen molar-refractivity contribution in [2.24, 2.45) is 0 Å². The van der Waals surface area contributed by atoms with Gasteiger partial charge >= 0.3 is 0 Å². The summed E-state index contributed by atoms with van der Waals surface area (Å²) in [5, 5.41) is 12.4. The van der Waals surface area contributed by atoms with Gasteiger partial charge in [-0.25, -0.2) is 0 Å². The van der Waals surface area contributed by atoms with Gasteiger partial charge in [-0.2, -0.15) is 0 Å². The smallest absolute Gasteiger partial charge is 0.0703 e. The number of benzene rings is 5. The van der Waals surface area contributed by atoms with Crippen molar-refractivity contribution in [2.75, 3.05) is 7.05 Å². The lowest BCUT2D eigenvalue weighted by Crippen LogP contribution is -2.22. The van der Waals surface area contributed by atoms with Crippen molar-refractivity contribution >= 4 is 61.1 Å². The minimum Gasteiger partial charge on any atom is -0.316 e. The van der Waals surface area contributed by atoms with Crippen molar-refractivity contribution in [1.29, 1.82) is 0 Å². The Bertz CT molecular complexity index is 2230. The van der Waals surface area contributed by atoms with Crippen LogP contribution in [-0.2, 0) is 6.54 Å². The standard InChI is InChI=1S/C35H27N3/c1-36-22-23-20-21-32(25-11-3-2-10-24(23)25)37-30-16-5-4-12-26(30)28-14-8-15-29-27-13-9-19-31(27)38(35(28)29)34-18-7-6-17-33(34)37/h2-8,10-21,36H,9,22H2,1H3. The molecule has 8 rings (SSSR count). The zero-order valence-corrected chi connectivity index (χ0v) is 21.3. The Morgan fingerprint density at radius 1 is 0.605 bits per heavy atom. The number of fused-ring (bicyclic) bond motifs is 8. The van der Waals surface area contributed by atoms with Gasteiger partial charge in [0, 0.05) is 33.3 Å². The first-order valence-corrected chi connectivity index (χ1v) is 13.3. The number of hydrogen-bond acceptors (Lipinski definition) is 1. The lowest BCUT2D eigenvalue weighted by atomic mass is 10.0. The second-order valence-electron chi connectivity index (χ2n) is 10.1. The first-order chi connectivity index (χ1) is 18.8. The van der Waals surface area contributed by atoms with Gasteiger partial charge in [0.2, 0.25) is 0 Å². The van der Waals surface area contributed by atoms with E-state index in [1.165, 1.54) is 70.8 Å². The molecule has 3 nitrogen and oxygen atoms in total. The van der Waals surface area contributed by atoms with Crippen molar-refractivity contribution in [1.82, 2.24) is 14.3 Å². The maximum absolute atomic E-state index is 3.34. The molecule has 7 aromatic rings. The second kappa shape index (κ2) is 8.20. The molecule has 0 saturated carbocycles. The van der Waals surface area contributed by atoms with Crippen LogP contribution >= 0.6 is 0 Å². The van der Waals surface area contributed by atoms with Crippen molar-refractivity contribution in [2.45, 2.75) is 13.0 Å². The summed E-state index contributed by atoms with van der Waals surface area (Å²) < 4.78 is 4.97. The molecule has 1 aliphatic carbocycles. The third kappa shape index (κ3) is 2.88. The summed E-state index contributed by atoms with van der Waals surface area (Å²) in [6, 6.07) is 37.9. The van der Waals surface area contributed by atoms with Gasteiger partial charge in [0.1, 0.15) is 0 Å². The van der Waals surface area contributed by atoms with Gasteiger partial charge in [0.15, 0.2) is 0 Å². The Kier molecular flexibility index (Phi) is 4.64. The van der Waals surface area contributed by atoms with Crippen LogP contribution < -0.4 is 15.9 Å². The summed E-state index contributed by atoms with van der Waals surface area (Å²) in [4.78, 5) is 0. The molecule has 0 amide bonds. The van der Waals surface area contributed by atoms with E-state index in [2.05, 4.69) is 130 Å². The summed E-state index contributed by atoms with van der Waals surface area (Å²) >= 11 is 0. The zero-order chi connectivity index (χ0) is 25.2. The van der Waals surface area contributed by atoms with Crippen molar-refractivity contribution in [3.63, 3.8) is 0 Å². The molecule has 0 bridgehead atoms.